The molecule has 1 heterocycles. The van der Waals surface area contributed by atoms with Crippen LogP contribution in [0.1, 0.15) is 30.9 Å². The van der Waals surface area contributed by atoms with Gasteiger partial charge in [-0.2, -0.15) is 0 Å². The smallest absolute Gasteiger partial charge is 0.307 e. The average Bonchev–Trinajstić information content (AvgIpc) is 2.78. The van der Waals surface area contributed by atoms with Crippen molar-refractivity contribution in [1.29, 1.82) is 0 Å². The fraction of sp³-hybridized carbons (Fsp3) is 0.533. The predicted molar refractivity (Wildman–Crippen MR) is 71.5 cm³/mol. The van der Waals surface area contributed by atoms with Crippen LogP contribution >= 0.6 is 0 Å². The molecule has 1 N–H and O–H groups in total. The molecule has 3 nitrogen and oxygen atoms in total. The number of aliphatic carboxylic acids is 1. The van der Waals surface area contributed by atoms with Crippen molar-refractivity contribution in [2.24, 2.45) is 5.92 Å². The maximum atomic E-state index is 10.9. The monoisotopic (exact) mass is 247 g/mol. The van der Waals surface area contributed by atoms with Crippen LogP contribution in [0.3, 0.4) is 0 Å². The van der Waals surface area contributed by atoms with E-state index in [0.29, 0.717) is 6.54 Å². The van der Waals surface area contributed by atoms with Gasteiger partial charge in [0.05, 0.1) is 5.92 Å². The Morgan fingerprint density at radius 1 is 1.44 bits per heavy atom. The highest BCUT2D eigenvalue weighted by Crippen LogP contribution is 2.19. The minimum atomic E-state index is -0.655. The first-order valence-electron chi connectivity index (χ1n) is 6.72. The molecule has 0 saturated carbocycles. The molecule has 0 aliphatic carbocycles. The van der Waals surface area contributed by atoms with E-state index in [0.717, 1.165) is 32.4 Å². The van der Waals surface area contributed by atoms with E-state index in [2.05, 4.69) is 36.1 Å². The summed E-state index contributed by atoms with van der Waals surface area (Å²) in [4.78, 5) is 13.2. The first-order valence-corrected chi connectivity index (χ1v) is 6.72. The van der Waals surface area contributed by atoms with E-state index in [4.69, 9.17) is 5.11 Å². The number of hydrogen-bond acceptors (Lipinski definition) is 2. The van der Waals surface area contributed by atoms with Crippen LogP contribution in [0.4, 0.5) is 0 Å². The third kappa shape index (κ3) is 3.33. The normalized spacial score (nSPS) is 20.2. The Bertz CT molecular complexity index is 417. The van der Waals surface area contributed by atoms with Crippen molar-refractivity contribution in [2.75, 3.05) is 13.1 Å². The van der Waals surface area contributed by atoms with E-state index >= 15 is 0 Å². The maximum Gasteiger partial charge on any atom is 0.307 e. The number of carbonyl (C=O) groups is 1. The van der Waals surface area contributed by atoms with Gasteiger partial charge in [0.25, 0.3) is 0 Å². The topological polar surface area (TPSA) is 40.5 Å². The van der Waals surface area contributed by atoms with Crippen molar-refractivity contribution in [1.82, 2.24) is 4.90 Å². The molecule has 1 aliphatic heterocycles. The first kappa shape index (κ1) is 13.1. The molecule has 1 aliphatic rings. The maximum absolute atomic E-state index is 10.9. The van der Waals surface area contributed by atoms with Crippen molar-refractivity contribution >= 4 is 5.97 Å². The van der Waals surface area contributed by atoms with Gasteiger partial charge in [-0.15, -0.1) is 0 Å². The number of rotatable bonds is 5. The molecule has 1 saturated heterocycles. The van der Waals surface area contributed by atoms with Crippen molar-refractivity contribution in [3.63, 3.8) is 0 Å². The number of benzene rings is 1. The van der Waals surface area contributed by atoms with E-state index in [1.807, 2.05) is 0 Å². The number of likely N-dealkylation sites (tertiary alicyclic amines) is 1. The van der Waals surface area contributed by atoms with E-state index < -0.39 is 5.97 Å². The van der Waals surface area contributed by atoms with Gasteiger partial charge >= 0.3 is 5.97 Å². The second-order valence-electron chi connectivity index (χ2n) is 5.13. The Morgan fingerprint density at radius 2 is 2.22 bits per heavy atom. The van der Waals surface area contributed by atoms with Gasteiger partial charge in [0.2, 0.25) is 0 Å². The van der Waals surface area contributed by atoms with Crippen LogP contribution in [0.15, 0.2) is 24.3 Å². The standard InChI is InChI=1S/C15H21NO2/c1-2-4-12-5-3-6-13(9-12)10-16-8-7-14(11-16)15(17)18/h3,5-6,9,14H,2,4,7-8,10-11H2,1H3,(H,17,18). The largest absolute Gasteiger partial charge is 0.481 e. The van der Waals surface area contributed by atoms with Crippen LogP contribution in [0.25, 0.3) is 0 Å². The van der Waals surface area contributed by atoms with Crippen LogP contribution in [0.5, 0.6) is 0 Å². The van der Waals surface area contributed by atoms with Gasteiger partial charge in [-0.25, -0.2) is 0 Å². The average molecular weight is 247 g/mol. The molecule has 1 aromatic carbocycles. The summed E-state index contributed by atoms with van der Waals surface area (Å²) in [5, 5.41) is 8.98. The van der Waals surface area contributed by atoms with Crippen molar-refractivity contribution in [3.05, 3.63) is 35.4 Å². The van der Waals surface area contributed by atoms with Crippen LogP contribution in [0.2, 0.25) is 0 Å². The van der Waals surface area contributed by atoms with Gasteiger partial charge < -0.3 is 5.11 Å². The van der Waals surface area contributed by atoms with Gasteiger partial charge in [-0.1, -0.05) is 37.6 Å². The van der Waals surface area contributed by atoms with E-state index in [-0.39, 0.29) is 5.92 Å². The van der Waals surface area contributed by atoms with Gasteiger partial charge in [-0.3, -0.25) is 9.69 Å². The number of carboxylic acid groups (broad SMARTS) is 1. The van der Waals surface area contributed by atoms with Crippen LogP contribution < -0.4 is 0 Å². The molecule has 18 heavy (non-hydrogen) atoms. The number of carboxylic acids is 1. The van der Waals surface area contributed by atoms with E-state index in [1.54, 1.807) is 0 Å². The van der Waals surface area contributed by atoms with Crippen molar-refractivity contribution in [3.8, 4) is 0 Å². The summed E-state index contributed by atoms with van der Waals surface area (Å²) in [7, 11) is 0. The third-order valence-electron chi connectivity index (χ3n) is 3.56. The van der Waals surface area contributed by atoms with Gasteiger partial charge in [0, 0.05) is 13.1 Å². The predicted octanol–water partition coefficient (Wildman–Crippen LogP) is 2.55. The Morgan fingerprint density at radius 3 is 2.89 bits per heavy atom. The molecule has 1 unspecified atom stereocenters. The Kier molecular flexibility index (Phi) is 4.37. The van der Waals surface area contributed by atoms with Crippen molar-refractivity contribution in [2.45, 2.75) is 32.7 Å². The van der Waals surface area contributed by atoms with Gasteiger partial charge in [0.1, 0.15) is 0 Å². The number of nitrogens with zero attached hydrogens (tertiary/aromatic N) is 1. The molecule has 0 aromatic heterocycles. The Hall–Kier alpha value is -1.35. The molecule has 0 spiro atoms. The zero-order valence-corrected chi connectivity index (χ0v) is 10.9. The summed E-state index contributed by atoms with van der Waals surface area (Å²) in [6.45, 7) is 4.65. The number of aryl methyl sites for hydroxylation is 1. The Labute approximate surface area is 108 Å². The fourth-order valence-corrected chi connectivity index (χ4v) is 2.61. The third-order valence-corrected chi connectivity index (χ3v) is 3.56. The van der Waals surface area contributed by atoms with Crippen LogP contribution in [0, 0.1) is 5.92 Å². The number of hydrogen-bond donors (Lipinski definition) is 1. The molecule has 1 atom stereocenters. The highest BCUT2D eigenvalue weighted by Gasteiger charge is 2.27. The second-order valence-corrected chi connectivity index (χ2v) is 5.13. The minimum Gasteiger partial charge on any atom is -0.481 e. The zero-order valence-electron chi connectivity index (χ0n) is 10.9. The lowest BCUT2D eigenvalue weighted by Gasteiger charge is -2.15. The van der Waals surface area contributed by atoms with E-state index in [1.165, 1.54) is 11.1 Å². The highest BCUT2D eigenvalue weighted by atomic mass is 16.4. The fourth-order valence-electron chi connectivity index (χ4n) is 2.61. The van der Waals surface area contributed by atoms with Crippen LogP contribution in [-0.4, -0.2) is 29.1 Å². The molecular formula is C15H21NO2. The zero-order chi connectivity index (χ0) is 13.0. The minimum absolute atomic E-state index is 0.177. The molecule has 3 heteroatoms. The molecule has 1 fully saturated rings. The lowest BCUT2D eigenvalue weighted by atomic mass is 10.1. The molecule has 98 valence electrons. The second kappa shape index (κ2) is 6.01. The SMILES string of the molecule is CCCc1cccc(CN2CCC(C(=O)O)C2)c1. The molecular weight excluding hydrogens is 226 g/mol. The summed E-state index contributed by atoms with van der Waals surface area (Å²) in [5.74, 6) is -0.832. The van der Waals surface area contributed by atoms with Gasteiger partial charge in [0.15, 0.2) is 0 Å². The van der Waals surface area contributed by atoms with Crippen molar-refractivity contribution < 1.29 is 9.90 Å². The summed E-state index contributed by atoms with van der Waals surface area (Å²) in [5.41, 5.74) is 2.68. The summed E-state index contributed by atoms with van der Waals surface area (Å²) >= 11 is 0. The highest BCUT2D eigenvalue weighted by molar-refractivity contribution is 5.70. The molecule has 1 aromatic rings. The molecule has 0 bridgehead atoms. The van der Waals surface area contributed by atoms with E-state index in [9.17, 15) is 4.79 Å². The first-order chi connectivity index (χ1) is 8.69. The summed E-state index contributed by atoms with van der Waals surface area (Å²) in [6.07, 6.45) is 3.06. The quantitative estimate of drug-likeness (QED) is 0.869. The lowest BCUT2D eigenvalue weighted by Crippen LogP contribution is -2.22. The molecule has 0 radical (unpaired) electrons. The van der Waals surface area contributed by atoms with Gasteiger partial charge in [-0.05, 0) is 30.5 Å². The van der Waals surface area contributed by atoms with Crippen LogP contribution in [-0.2, 0) is 17.8 Å². The molecule has 0 amide bonds. The lowest BCUT2D eigenvalue weighted by molar-refractivity contribution is -0.141. The Balaban J connectivity index is 1.94. The summed E-state index contributed by atoms with van der Waals surface area (Å²) in [6, 6.07) is 8.65. The molecule has 2 rings (SSSR count). The summed E-state index contributed by atoms with van der Waals surface area (Å²) < 4.78 is 0.